The summed E-state index contributed by atoms with van der Waals surface area (Å²) in [5.74, 6) is 5.89. The van der Waals surface area contributed by atoms with E-state index in [4.69, 9.17) is 9.47 Å². The van der Waals surface area contributed by atoms with Crippen molar-refractivity contribution in [2.75, 3.05) is 31.8 Å². The minimum Gasteiger partial charge on any atom is -0.489 e. The van der Waals surface area contributed by atoms with Crippen LogP contribution in [0.4, 0.5) is 10.5 Å². The van der Waals surface area contributed by atoms with Crippen LogP contribution in [0, 0.1) is 11.8 Å². The third kappa shape index (κ3) is 4.89. The van der Waals surface area contributed by atoms with E-state index in [1.54, 1.807) is 37.6 Å². The molecule has 178 valence electrons. The first-order chi connectivity index (χ1) is 16.9. The molecule has 1 unspecified atom stereocenters. The van der Waals surface area contributed by atoms with Gasteiger partial charge in [0.05, 0.1) is 25.1 Å². The second-order valence-electron chi connectivity index (χ2n) is 8.62. The lowest BCUT2D eigenvalue weighted by Crippen LogP contribution is -2.50. The molecule has 0 spiro atoms. The fourth-order valence-corrected chi connectivity index (χ4v) is 3.84. The number of ether oxygens (including phenoxy) is 2. The fourth-order valence-electron chi connectivity index (χ4n) is 3.84. The lowest BCUT2D eigenvalue weighted by molar-refractivity contribution is -0.140. The topological polar surface area (TPSA) is 106 Å². The summed E-state index contributed by atoms with van der Waals surface area (Å²) in [4.78, 5) is 27.3. The van der Waals surface area contributed by atoms with E-state index in [0.29, 0.717) is 23.4 Å². The molecule has 2 amide bonds. The van der Waals surface area contributed by atoms with Gasteiger partial charge in [-0.05, 0) is 29.3 Å². The molecule has 1 aromatic heterocycles. The third-order valence-electron chi connectivity index (χ3n) is 5.87. The Morgan fingerprint density at radius 1 is 1.23 bits per heavy atom. The summed E-state index contributed by atoms with van der Waals surface area (Å²) >= 11 is 0. The number of fused-ring (bicyclic) bond motifs is 1. The van der Waals surface area contributed by atoms with Crippen molar-refractivity contribution in [3.8, 4) is 17.6 Å². The van der Waals surface area contributed by atoms with Crippen molar-refractivity contribution in [2.45, 2.75) is 18.1 Å². The van der Waals surface area contributed by atoms with Crippen LogP contribution >= 0.6 is 0 Å². The van der Waals surface area contributed by atoms with Crippen LogP contribution in [-0.4, -0.2) is 65.3 Å². The Morgan fingerprint density at radius 2 is 2.03 bits per heavy atom. The van der Waals surface area contributed by atoms with Crippen LogP contribution in [0.2, 0.25) is 0 Å². The van der Waals surface area contributed by atoms with E-state index in [1.165, 1.54) is 9.58 Å². The zero-order chi connectivity index (χ0) is 24.4. The summed E-state index contributed by atoms with van der Waals surface area (Å²) in [7, 11) is 1.62. The van der Waals surface area contributed by atoms with Gasteiger partial charge in [-0.2, -0.15) is 9.78 Å². The summed E-state index contributed by atoms with van der Waals surface area (Å²) in [6, 6.07) is 13.7. The number of benzene rings is 2. The highest BCUT2D eigenvalue weighted by molar-refractivity contribution is 6.00. The molecule has 2 aliphatic heterocycles. The maximum absolute atomic E-state index is 13.1. The van der Waals surface area contributed by atoms with Crippen molar-refractivity contribution in [2.24, 2.45) is 0 Å². The van der Waals surface area contributed by atoms with Gasteiger partial charge >= 0.3 is 6.03 Å². The molecule has 2 aliphatic rings. The standard InChI is InChI=1S/C26H24N4O5/c1-29-22-12-19(9-10-26(33)16-34-17-26)7-8-23(22)35-15-21(24(29)31)28-25(32)30-14-20(13-27-30)11-18-5-3-2-4-6-18/h2-8,12-14,21,33H,11,15-17H2,1H3,(H,28,32). The molecule has 5 rings (SSSR count). The Kier molecular flexibility index (Phi) is 5.99. The minimum atomic E-state index is -1.13. The Bertz CT molecular complexity index is 1320. The number of nitrogens with zero attached hydrogens (tertiary/aromatic N) is 3. The Balaban J connectivity index is 1.27. The van der Waals surface area contributed by atoms with E-state index < -0.39 is 17.7 Å². The predicted octanol–water partition coefficient (Wildman–Crippen LogP) is 1.57. The Hall–Kier alpha value is -4.13. The van der Waals surface area contributed by atoms with Crippen LogP contribution < -0.4 is 15.0 Å². The number of aliphatic hydroxyl groups is 1. The molecular formula is C26H24N4O5. The highest BCUT2D eigenvalue weighted by Crippen LogP contribution is 2.31. The average molecular weight is 473 g/mol. The number of carbonyl (C=O) groups excluding carboxylic acids is 2. The number of likely N-dealkylation sites (N-methyl/N-ethyl adjacent to an activating group) is 1. The summed E-state index contributed by atoms with van der Waals surface area (Å²) in [6.07, 6.45) is 3.93. The van der Waals surface area contributed by atoms with Gasteiger partial charge in [0.2, 0.25) is 0 Å². The first kappa shape index (κ1) is 22.7. The van der Waals surface area contributed by atoms with Crippen molar-refractivity contribution in [1.82, 2.24) is 15.1 Å². The molecule has 1 saturated heterocycles. The highest BCUT2D eigenvalue weighted by Gasteiger charge is 2.34. The summed E-state index contributed by atoms with van der Waals surface area (Å²) in [6.45, 7) is 0.331. The van der Waals surface area contributed by atoms with Gasteiger partial charge in [-0.15, -0.1) is 0 Å². The number of nitrogens with one attached hydrogen (secondary N) is 1. The first-order valence-corrected chi connectivity index (χ1v) is 11.2. The predicted molar refractivity (Wildman–Crippen MR) is 127 cm³/mol. The van der Waals surface area contributed by atoms with Crippen molar-refractivity contribution in [1.29, 1.82) is 0 Å². The van der Waals surface area contributed by atoms with E-state index >= 15 is 0 Å². The smallest absolute Gasteiger partial charge is 0.342 e. The van der Waals surface area contributed by atoms with Crippen molar-refractivity contribution in [3.63, 3.8) is 0 Å². The van der Waals surface area contributed by atoms with Gasteiger partial charge in [-0.25, -0.2) is 4.79 Å². The number of aromatic nitrogens is 2. The van der Waals surface area contributed by atoms with E-state index in [0.717, 1.165) is 11.1 Å². The number of hydrogen-bond donors (Lipinski definition) is 2. The average Bonchev–Trinajstić information content (AvgIpc) is 3.28. The van der Waals surface area contributed by atoms with E-state index in [2.05, 4.69) is 22.3 Å². The van der Waals surface area contributed by atoms with Crippen LogP contribution in [0.25, 0.3) is 0 Å². The van der Waals surface area contributed by atoms with Crippen molar-refractivity contribution < 1.29 is 24.2 Å². The molecule has 1 atom stereocenters. The number of carbonyl (C=O) groups is 2. The molecule has 2 N–H and O–H groups in total. The Labute approximate surface area is 202 Å². The molecule has 1 fully saturated rings. The number of rotatable bonds is 3. The molecule has 9 nitrogen and oxygen atoms in total. The van der Waals surface area contributed by atoms with Crippen LogP contribution in [0.5, 0.6) is 5.75 Å². The first-order valence-electron chi connectivity index (χ1n) is 11.2. The maximum Gasteiger partial charge on any atom is 0.342 e. The van der Waals surface area contributed by atoms with Gasteiger partial charge in [0.25, 0.3) is 5.91 Å². The van der Waals surface area contributed by atoms with Gasteiger partial charge in [-0.3, -0.25) is 4.79 Å². The SMILES string of the molecule is CN1C(=O)C(NC(=O)n2cc(Cc3ccccc3)cn2)COc2ccc(C#CC3(O)COC3)cc21. The van der Waals surface area contributed by atoms with Crippen LogP contribution in [-0.2, 0) is 16.0 Å². The van der Waals surface area contributed by atoms with Crippen LogP contribution in [0.3, 0.4) is 0 Å². The van der Waals surface area contributed by atoms with E-state index in [-0.39, 0.29) is 25.7 Å². The van der Waals surface area contributed by atoms with Gasteiger partial charge in [-0.1, -0.05) is 42.2 Å². The lowest BCUT2D eigenvalue weighted by atomic mass is 10.0. The third-order valence-corrected chi connectivity index (χ3v) is 5.87. The van der Waals surface area contributed by atoms with Crippen molar-refractivity contribution in [3.05, 3.63) is 77.6 Å². The van der Waals surface area contributed by atoms with Gasteiger partial charge in [0, 0.05) is 25.2 Å². The second-order valence-corrected chi connectivity index (χ2v) is 8.62. The molecule has 35 heavy (non-hydrogen) atoms. The van der Waals surface area contributed by atoms with E-state index in [9.17, 15) is 14.7 Å². The number of amides is 2. The monoisotopic (exact) mass is 472 g/mol. The lowest BCUT2D eigenvalue weighted by Gasteiger charge is -2.30. The largest absolute Gasteiger partial charge is 0.489 e. The van der Waals surface area contributed by atoms with Crippen LogP contribution in [0.1, 0.15) is 16.7 Å². The maximum atomic E-state index is 13.1. The van der Waals surface area contributed by atoms with Gasteiger partial charge in [0.1, 0.15) is 18.4 Å². The molecule has 9 heteroatoms. The number of anilines is 1. The van der Waals surface area contributed by atoms with Gasteiger partial charge in [0.15, 0.2) is 5.60 Å². The normalized spacial score (nSPS) is 18.3. The molecule has 2 aromatic carbocycles. The molecule has 0 saturated carbocycles. The zero-order valence-corrected chi connectivity index (χ0v) is 19.1. The van der Waals surface area contributed by atoms with E-state index in [1.807, 2.05) is 30.3 Å². The highest BCUT2D eigenvalue weighted by atomic mass is 16.5. The summed E-state index contributed by atoms with van der Waals surface area (Å²) < 4.78 is 12.0. The van der Waals surface area contributed by atoms with Gasteiger partial charge < -0.3 is 24.8 Å². The molecule has 3 heterocycles. The minimum absolute atomic E-state index is 0.0256. The summed E-state index contributed by atoms with van der Waals surface area (Å²) in [5, 5.41) is 17.0. The molecule has 0 radical (unpaired) electrons. The fraction of sp³-hybridized carbons (Fsp3) is 0.269. The Morgan fingerprint density at radius 3 is 2.77 bits per heavy atom. The summed E-state index contributed by atoms with van der Waals surface area (Å²) in [5.41, 5.74) is 2.01. The number of hydrogen-bond acceptors (Lipinski definition) is 6. The van der Waals surface area contributed by atoms with Crippen LogP contribution in [0.15, 0.2) is 60.9 Å². The quantitative estimate of drug-likeness (QED) is 0.561. The molecule has 3 aromatic rings. The van der Waals surface area contributed by atoms with Crippen molar-refractivity contribution >= 4 is 17.6 Å². The second kappa shape index (κ2) is 9.25. The molecule has 0 bridgehead atoms. The molecule has 0 aliphatic carbocycles. The molecular weight excluding hydrogens is 448 g/mol. The zero-order valence-electron chi connectivity index (χ0n) is 19.1.